The first kappa shape index (κ1) is 18.1. The highest BCUT2D eigenvalue weighted by Gasteiger charge is 2.25. The summed E-state index contributed by atoms with van der Waals surface area (Å²) in [4.78, 5) is 17.3. The number of anilines is 1. The number of carbonyl (C=O) groups is 1. The van der Waals surface area contributed by atoms with Crippen molar-refractivity contribution in [3.63, 3.8) is 0 Å². The summed E-state index contributed by atoms with van der Waals surface area (Å²) in [5.74, 6) is 0.204. The molecule has 1 N–H and O–H groups in total. The number of hydrogen-bond donors (Lipinski definition) is 1. The van der Waals surface area contributed by atoms with Gasteiger partial charge in [-0.25, -0.2) is 0 Å². The van der Waals surface area contributed by atoms with Gasteiger partial charge in [-0.2, -0.15) is 0 Å². The van der Waals surface area contributed by atoms with Crippen LogP contribution in [0.1, 0.15) is 30.0 Å². The lowest BCUT2D eigenvalue weighted by Crippen LogP contribution is -2.51. The molecule has 1 atom stereocenters. The fourth-order valence-electron chi connectivity index (χ4n) is 4.22. The fourth-order valence-corrected chi connectivity index (χ4v) is 4.22. The zero-order valence-corrected chi connectivity index (χ0v) is 16.2. The Kier molecular flexibility index (Phi) is 5.44. The number of hydrogen-bond acceptors (Lipinski definition) is 3. The maximum Gasteiger partial charge on any atom is 0.244 e. The molecule has 1 aliphatic heterocycles. The molecule has 0 bridgehead atoms. The summed E-state index contributed by atoms with van der Waals surface area (Å²) in [5, 5.41) is 3.41. The number of fused-ring (bicyclic) bond motifs is 1. The lowest BCUT2D eigenvalue weighted by Gasteiger charge is -2.36. The second-order valence-electron chi connectivity index (χ2n) is 7.79. The molecule has 1 fully saturated rings. The van der Waals surface area contributed by atoms with E-state index >= 15 is 0 Å². The summed E-state index contributed by atoms with van der Waals surface area (Å²) in [6.45, 7) is 6.43. The van der Waals surface area contributed by atoms with Crippen LogP contribution in [0.15, 0.2) is 48.5 Å². The van der Waals surface area contributed by atoms with Crippen molar-refractivity contribution in [2.75, 3.05) is 31.5 Å². The maximum absolute atomic E-state index is 12.8. The summed E-state index contributed by atoms with van der Waals surface area (Å²) < 4.78 is 0. The average molecular weight is 364 g/mol. The highest BCUT2D eigenvalue weighted by atomic mass is 16.2. The molecule has 2 aliphatic rings. The molecule has 0 spiro atoms. The Balaban J connectivity index is 1.28. The Morgan fingerprint density at radius 3 is 2.52 bits per heavy atom. The molecule has 4 heteroatoms. The van der Waals surface area contributed by atoms with Gasteiger partial charge in [-0.15, -0.1) is 0 Å². The quantitative estimate of drug-likeness (QED) is 0.885. The van der Waals surface area contributed by atoms with E-state index in [4.69, 9.17) is 0 Å². The second-order valence-corrected chi connectivity index (χ2v) is 7.79. The standard InChI is InChI=1S/C23H29N3O/c1-18(24-22-11-10-20-8-5-9-21(20)16-22)23(27)26-14-12-25(13-15-26)17-19-6-3-2-4-7-19/h2-4,6-7,10-11,16,18,24H,5,8-9,12-15,17H2,1H3. The second kappa shape index (κ2) is 8.13. The SMILES string of the molecule is CC(Nc1ccc2c(c1)CCC2)C(=O)N1CCN(Cc2ccccc2)CC1. The molecule has 1 amide bonds. The van der Waals surface area contributed by atoms with Crippen LogP contribution in [0, 0.1) is 0 Å². The molecule has 1 saturated heterocycles. The summed E-state index contributed by atoms with van der Waals surface area (Å²) >= 11 is 0. The smallest absolute Gasteiger partial charge is 0.244 e. The first-order valence-corrected chi connectivity index (χ1v) is 10.1. The van der Waals surface area contributed by atoms with Crippen LogP contribution in [0.4, 0.5) is 5.69 Å². The average Bonchev–Trinajstić information content (AvgIpc) is 3.16. The van der Waals surface area contributed by atoms with Crippen LogP contribution in [0.2, 0.25) is 0 Å². The number of carbonyl (C=O) groups excluding carboxylic acids is 1. The van der Waals surface area contributed by atoms with Crippen LogP contribution in [0.3, 0.4) is 0 Å². The summed E-state index contributed by atoms with van der Waals surface area (Å²) in [6.07, 6.45) is 3.61. The number of rotatable bonds is 5. The van der Waals surface area contributed by atoms with Crippen LogP contribution in [-0.2, 0) is 24.2 Å². The predicted octanol–water partition coefficient (Wildman–Crippen LogP) is 3.32. The Labute approximate surface area is 162 Å². The number of nitrogens with one attached hydrogen (secondary N) is 1. The van der Waals surface area contributed by atoms with E-state index in [1.165, 1.54) is 29.5 Å². The zero-order valence-electron chi connectivity index (χ0n) is 16.2. The van der Waals surface area contributed by atoms with Gasteiger partial charge in [0.25, 0.3) is 0 Å². The third-order valence-corrected chi connectivity index (χ3v) is 5.79. The molecule has 0 aromatic heterocycles. The highest BCUT2D eigenvalue weighted by Crippen LogP contribution is 2.25. The first-order chi connectivity index (χ1) is 13.2. The molecule has 2 aromatic rings. The number of benzene rings is 2. The van der Waals surface area contributed by atoms with E-state index < -0.39 is 0 Å². The van der Waals surface area contributed by atoms with Crippen LogP contribution < -0.4 is 5.32 Å². The summed E-state index contributed by atoms with van der Waals surface area (Å²) in [7, 11) is 0. The third kappa shape index (κ3) is 4.33. The minimum absolute atomic E-state index is 0.190. The van der Waals surface area contributed by atoms with Crippen LogP contribution >= 0.6 is 0 Å². The third-order valence-electron chi connectivity index (χ3n) is 5.79. The summed E-state index contributed by atoms with van der Waals surface area (Å²) in [6, 6.07) is 16.9. The molecule has 2 aromatic carbocycles. The number of piperazine rings is 1. The number of aryl methyl sites for hydroxylation is 2. The fraction of sp³-hybridized carbons (Fsp3) is 0.435. The van der Waals surface area contributed by atoms with E-state index in [9.17, 15) is 4.79 Å². The van der Waals surface area contributed by atoms with Crippen molar-refractivity contribution < 1.29 is 4.79 Å². The van der Waals surface area contributed by atoms with Crippen LogP contribution in [0.5, 0.6) is 0 Å². The van der Waals surface area contributed by atoms with Crippen LogP contribution in [0.25, 0.3) is 0 Å². The monoisotopic (exact) mass is 363 g/mol. The van der Waals surface area contributed by atoms with Crippen molar-refractivity contribution in [2.45, 2.75) is 38.8 Å². The molecule has 1 aliphatic carbocycles. The molecule has 142 valence electrons. The molecular weight excluding hydrogens is 334 g/mol. The van der Waals surface area contributed by atoms with Crippen molar-refractivity contribution in [1.82, 2.24) is 9.80 Å². The normalized spacial score (nSPS) is 18.2. The van der Waals surface area contributed by atoms with E-state index in [-0.39, 0.29) is 11.9 Å². The minimum Gasteiger partial charge on any atom is -0.374 e. The largest absolute Gasteiger partial charge is 0.374 e. The van der Waals surface area contributed by atoms with E-state index in [2.05, 4.69) is 58.7 Å². The predicted molar refractivity (Wildman–Crippen MR) is 110 cm³/mol. The molecule has 27 heavy (non-hydrogen) atoms. The van der Waals surface area contributed by atoms with Gasteiger partial charge in [0, 0.05) is 38.4 Å². The summed E-state index contributed by atoms with van der Waals surface area (Å²) in [5.41, 5.74) is 5.31. The van der Waals surface area contributed by atoms with E-state index in [0.29, 0.717) is 0 Å². The number of amides is 1. The van der Waals surface area contributed by atoms with Gasteiger partial charge in [-0.1, -0.05) is 36.4 Å². The lowest BCUT2D eigenvalue weighted by atomic mass is 10.1. The molecule has 0 saturated carbocycles. The van der Waals surface area contributed by atoms with Crippen LogP contribution in [-0.4, -0.2) is 47.9 Å². The minimum atomic E-state index is -0.190. The molecule has 0 radical (unpaired) electrons. The van der Waals surface area contributed by atoms with Gasteiger partial charge < -0.3 is 10.2 Å². The maximum atomic E-state index is 12.8. The van der Waals surface area contributed by atoms with Crippen molar-refractivity contribution in [1.29, 1.82) is 0 Å². The van der Waals surface area contributed by atoms with Gasteiger partial charge in [0.05, 0.1) is 0 Å². The van der Waals surface area contributed by atoms with Gasteiger partial charge in [-0.05, 0) is 55.0 Å². The lowest BCUT2D eigenvalue weighted by molar-refractivity contribution is -0.133. The van der Waals surface area contributed by atoms with E-state index in [1.807, 2.05) is 11.8 Å². The Morgan fingerprint density at radius 2 is 1.74 bits per heavy atom. The first-order valence-electron chi connectivity index (χ1n) is 10.1. The van der Waals surface area contributed by atoms with Crippen molar-refractivity contribution in [3.8, 4) is 0 Å². The molecule has 4 nitrogen and oxygen atoms in total. The van der Waals surface area contributed by atoms with E-state index in [1.54, 1.807) is 0 Å². The Hall–Kier alpha value is -2.33. The molecule has 4 rings (SSSR count). The molecular formula is C23H29N3O. The topological polar surface area (TPSA) is 35.6 Å². The highest BCUT2D eigenvalue weighted by molar-refractivity contribution is 5.84. The van der Waals surface area contributed by atoms with Crippen molar-refractivity contribution in [3.05, 3.63) is 65.2 Å². The van der Waals surface area contributed by atoms with Gasteiger partial charge in [0.2, 0.25) is 5.91 Å². The van der Waals surface area contributed by atoms with Gasteiger partial charge >= 0.3 is 0 Å². The Bertz CT molecular complexity index is 781. The van der Waals surface area contributed by atoms with Crippen molar-refractivity contribution >= 4 is 11.6 Å². The van der Waals surface area contributed by atoms with E-state index in [0.717, 1.165) is 44.8 Å². The van der Waals surface area contributed by atoms with Gasteiger partial charge in [0.1, 0.15) is 6.04 Å². The zero-order chi connectivity index (χ0) is 18.6. The van der Waals surface area contributed by atoms with Gasteiger partial charge in [-0.3, -0.25) is 9.69 Å². The van der Waals surface area contributed by atoms with Gasteiger partial charge in [0.15, 0.2) is 0 Å². The Morgan fingerprint density at radius 1 is 1.00 bits per heavy atom. The molecule has 1 heterocycles. The molecule has 1 unspecified atom stereocenters. The number of nitrogens with zero attached hydrogens (tertiary/aromatic N) is 2. The van der Waals surface area contributed by atoms with Crippen molar-refractivity contribution in [2.24, 2.45) is 0 Å².